The molecule has 0 radical (unpaired) electrons. The maximum absolute atomic E-state index is 12.8. The molecule has 0 aromatic heterocycles. The van der Waals surface area contributed by atoms with Gasteiger partial charge in [0.15, 0.2) is 0 Å². The summed E-state index contributed by atoms with van der Waals surface area (Å²) < 4.78 is 0. The summed E-state index contributed by atoms with van der Waals surface area (Å²) in [6.07, 6.45) is 2.15. The van der Waals surface area contributed by atoms with Gasteiger partial charge in [0.05, 0.1) is 5.69 Å². The van der Waals surface area contributed by atoms with Gasteiger partial charge in [-0.15, -0.1) is 0 Å². The maximum Gasteiger partial charge on any atom is 0.277 e. The van der Waals surface area contributed by atoms with Crippen LogP contribution in [0.4, 0.5) is 17.1 Å². The van der Waals surface area contributed by atoms with Crippen LogP contribution in [0.3, 0.4) is 0 Å². The Morgan fingerprint density at radius 3 is 2.44 bits per heavy atom. The molecule has 0 bridgehead atoms. The molecule has 27 heavy (non-hydrogen) atoms. The molecular formula is C21H22N4O2. The second-order valence-corrected chi connectivity index (χ2v) is 6.03. The van der Waals surface area contributed by atoms with Gasteiger partial charge in [-0.2, -0.15) is 5.26 Å². The van der Waals surface area contributed by atoms with Crippen molar-refractivity contribution in [1.82, 2.24) is 0 Å². The number of nitrogens with one attached hydrogen (secondary N) is 1. The van der Waals surface area contributed by atoms with Gasteiger partial charge in [0, 0.05) is 24.5 Å². The van der Waals surface area contributed by atoms with Gasteiger partial charge in [-0.1, -0.05) is 25.1 Å². The average molecular weight is 362 g/mol. The van der Waals surface area contributed by atoms with E-state index in [2.05, 4.69) is 5.32 Å². The zero-order valence-corrected chi connectivity index (χ0v) is 15.6. The fourth-order valence-electron chi connectivity index (χ4n) is 2.70. The number of nitriles is 1. The van der Waals surface area contributed by atoms with Crippen LogP contribution in [0.2, 0.25) is 0 Å². The van der Waals surface area contributed by atoms with Crippen molar-refractivity contribution in [3.8, 4) is 6.07 Å². The second kappa shape index (κ2) is 8.68. The van der Waals surface area contributed by atoms with E-state index in [-0.39, 0.29) is 5.57 Å². The number of para-hydroxylation sites is 1. The molecule has 2 amide bonds. The lowest BCUT2D eigenvalue weighted by Crippen LogP contribution is -2.36. The monoisotopic (exact) mass is 362 g/mol. The van der Waals surface area contributed by atoms with E-state index in [4.69, 9.17) is 5.73 Å². The van der Waals surface area contributed by atoms with Crippen molar-refractivity contribution in [2.24, 2.45) is 0 Å². The van der Waals surface area contributed by atoms with E-state index < -0.39 is 11.8 Å². The SMILES string of the molecule is CCc1cccc(C)c1N/C=C(/C#N)C(=O)N(C(C)=O)c1ccc(N)cc1. The van der Waals surface area contributed by atoms with E-state index in [0.29, 0.717) is 11.4 Å². The summed E-state index contributed by atoms with van der Waals surface area (Å²) in [7, 11) is 0. The lowest BCUT2D eigenvalue weighted by Gasteiger charge is -2.19. The average Bonchev–Trinajstić information content (AvgIpc) is 2.64. The molecule has 2 aromatic rings. The highest BCUT2D eigenvalue weighted by atomic mass is 16.2. The molecule has 3 N–H and O–H groups in total. The Morgan fingerprint density at radius 2 is 1.89 bits per heavy atom. The minimum absolute atomic E-state index is 0.174. The highest BCUT2D eigenvalue weighted by Crippen LogP contribution is 2.22. The number of nitrogen functional groups attached to an aromatic ring is 1. The first-order valence-electron chi connectivity index (χ1n) is 8.54. The highest BCUT2D eigenvalue weighted by molar-refractivity contribution is 6.21. The Kier molecular flexibility index (Phi) is 6.34. The maximum atomic E-state index is 12.8. The zero-order valence-electron chi connectivity index (χ0n) is 15.6. The predicted molar refractivity (Wildman–Crippen MR) is 107 cm³/mol. The van der Waals surface area contributed by atoms with Crippen molar-refractivity contribution in [3.05, 3.63) is 65.4 Å². The van der Waals surface area contributed by atoms with Gasteiger partial charge in [-0.25, -0.2) is 4.90 Å². The predicted octanol–water partition coefficient (Wildman–Crippen LogP) is 3.54. The lowest BCUT2D eigenvalue weighted by molar-refractivity contribution is -0.123. The number of hydrogen-bond acceptors (Lipinski definition) is 5. The first-order chi connectivity index (χ1) is 12.9. The normalized spacial score (nSPS) is 10.8. The van der Waals surface area contributed by atoms with E-state index in [1.165, 1.54) is 13.1 Å². The molecule has 0 heterocycles. The summed E-state index contributed by atoms with van der Waals surface area (Å²) >= 11 is 0. The largest absolute Gasteiger partial charge is 0.399 e. The molecule has 0 aliphatic carbocycles. The molecule has 0 spiro atoms. The third-order valence-corrected chi connectivity index (χ3v) is 4.12. The quantitative estimate of drug-likeness (QED) is 0.481. The van der Waals surface area contributed by atoms with Gasteiger partial charge in [-0.05, 0) is 48.7 Å². The van der Waals surface area contributed by atoms with E-state index in [0.717, 1.165) is 28.1 Å². The van der Waals surface area contributed by atoms with Crippen LogP contribution in [0, 0.1) is 18.3 Å². The number of anilines is 3. The fraction of sp³-hybridized carbons (Fsp3) is 0.190. The number of benzene rings is 2. The van der Waals surface area contributed by atoms with Crippen LogP contribution in [0.5, 0.6) is 0 Å². The van der Waals surface area contributed by atoms with Gasteiger partial charge in [0.2, 0.25) is 5.91 Å². The van der Waals surface area contributed by atoms with E-state index in [9.17, 15) is 14.9 Å². The number of rotatable bonds is 5. The fourth-order valence-corrected chi connectivity index (χ4v) is 2.70. The van der Waals surface area contributed by atoms with Crippen molar-refractivity contribution in [3.63, 3.8) is 0 Å². The molecule has 0 fully saturated rings. The van der Waals surface area contributed by atoms with Crippen LogP contribution in [0.15, 0.2) is 54.2 Å². The number of amides is 2. The van der Waals surface area contributed by atoms with Gasteiger partial charge in [-0.3, -0.25) is 9.59 Å². The van der Waals surface area contributed by atoms with E-state index in [1.54, 1.807) is 24.3 Å². The summed E-state index contributed by atoms with van der Waals surface area (Å²) in [4.78, 5) is 25.8. The van der Waals surface area contributed by atoms with Gasteiger partial charge >= 0.3 is 0 Å². The molecule has 2 rings (SSSR count). The summed E-state index contributed by atoms with van der Waals surface area (Å²) in [6, 6.07) is 14.1. The third-order valence-electron chi connectivity index (χ3n) is 4.12. The number of nitrogens with two attached hydrogens (primary N) is 1. The molecule has 0 unspecified atom stereocenters. The number of hydrogen-bond donors (Lipinski definition) is 2. The molecular weight excluding hydrogens is 340 g/mol. The van der Waals surface area contributed by atoms with Gasteiger partial charge in [0.25, 0.3) is 5.91 Å². The zero-order chi connectivity index (χ0) is 20.0. The van der Waals surface area contributed by atoms with E-state index >= 15 is 0 Å². The lowest BCUT2D eigenvalue weighted by atomic mass is 10.1. The summed E-state index contributed by atoms with van der Waals surface area (Å²) in [6.45, 7) is 5.24. The Bertz CT molecular complexity index is 924. The van der Waals surface area contributed by atoms with Crippen LogP contribution in [0.25, 0.3) is 0 Å². The molecule has 6 heteroatoms. The van der Waals surface area contributed by atoms with Crippen LogP contribution >= 0.6 is 0 Å². The molecule has 0 aliphatic heterocycles. The first-order valence-corrected chi connectivity index (χ1v) is 8.54. The Hall–Kier alpha value is -3.59. The molecule has 0 saturated carbocycles. The number of carbonyl (C=O) groups is 2. The minimum atomic E-state index is -0.700. The summed E-state index contributed by atoms with van der Waals surface area (Å²) in [5.74, 6) is -1.19. The molecule has 0 aliphatic rings. The van der Waals surface area contributed by atoms with Crippen LogP contribution in [0.1, 0.15) is 25.0 Å². The Labute approximate surface area is 158 Å². The van der Waals surface area contributed by atoms with Gasteiger partial charge in [0.1, 0.15) is 11.6 Å². The highest BCUT2D eigenvalue weighted by Gasteiger charge is 2.24. The minimum Gasteiger partial charge on any atom is -0.399 e. The molecule has 6 nitrogen and oxygen atoms in total. The second-order valence-electron chi connectivity index (χ2n) is 6.03. The van der Waals surface area contributed by atoms with Crippen molar-refractivity contribution < 1.29 is 9.59 Å². The molecule has 138 valence electrons. The number of nitrogens with zero attached hydrogens (tertiary/aromatic N) is 2. The van der Waals surface area contributed by atoms with Crippen LogP contribution < -0.4 is 16.0 Å². The summed E-state index contributed by atoms with van der Waals surface area (Å²) in [5.41, 5.74) is 9.26. The molecule has 0 saturated heterocycles. The van der Waals surface area contributed by atoms with Crippen molar-refractivity contribution in [2.45, 2.75) is 27.2 Å². The first kappa shape index (κ1) is 19.7. The standard InChI is InChI=1S/C21H22N4O2/c1-4-16-7-5-6-14(2)20(16)24-13-17(12-22)21(27)25(15(3)26)19-10-8-18(23)9-11-19/h5-11,13,24H,4,23H2,1-3H3/b17-13-. The molecule has 0 atom stereocenters. The van der Waals surface area contributed by atoms with Crippen molar-refractivity contribution >= 4 is 28.9 Å². The van der Waals surface area contributed by atoms with Crippen LogP contribution in [-0.2, 0) is 16.0 Å². The third kappa shape index (κ3) is 4.53. The van der Waals surface area contributed by atoms with Crippen molar-refractivity contribution in [1.29, 1.82) is 5.26 Å². The number of imide groups is 1. The van der Waals surface area contributed by atoms with E-state index in [1.807, 2.05) is 38.1 Å². The Balaban J connectivity index is 2.36. The van der Waals surface area contributed by atoms with Gasteiger partial charge < -0.3 is 11.1 Å². The smallest absolute Gasteiger partial charge is 0.277 e. The number of carbonyl (C=O) groups excluding carboxylic acids is 2. The number of aryl methyl sites for hydroxylation is 2. The van der Waals surface area contributed by atoms with Crippen LogP contribution in [-0.4, -0.2) is 11.8 Å². The molecule has 2 aromatic carbocycles. The Morgan fingerprint density at radius 1 is 1.22 bits per heavy atom. The van der Waals surface area contributed by atoms with Crippen molar-refractivity contribution in [2.75, 3.05) is 16.0 Å². The summed E-state index contributed by atoms with van der Waals surface area (Å²) in [5, 5.41) is 12.5. The topological polar surface area (TPSA) is 99.2 Å².